The number of hydrogen-bond donors (Lipinski definition) is 11. The second kappa shape index (κ2) is 32.5. The number of rotatable bonds is 31. The fourth-order valence-electron chi connectivity index (χ4n) is 10.6. The lowest BCUT2D eigenvalue weighted by Crippen LogP contribution is -2.61. The van der Waals surface area contributed by atoms with Crippen LogP contribution in [-0.2, 0) is 60.8 Å². The summed E-state index contributed by atoms with van der Waals surface area (Å²) in [6.45, 7) is 8.77. The summed E-state index contributed by atoms with van der Waals surface area (Å²) in [5.74, 6) is -8.22. The van der Waals surface area contributed by atoms with Crippen molar-refractivity contribution in [2.45, 2.75) is 185 Å². The van der Waals surface area contributed by atoms with Gasteiger partial charge in [-0.3, -0.25) is 53.1 Å². The van der Waals surface area contributed by atoms with Gasteiger partial charge in [0.05, 0.1) is 18.2 Å². The number of guanidine groups is 1. The van der Waals surface area contributed by atoms with Crippen molar-refractivity contribution in [1.82, 2.24) is 51.6 Å². The largest absolute Gasteiger partial charge is 0.480 e. The van der Waals surface area contributed by atoms with E-state index in [1.165, 1.54) is 37.7 Å². The Bertz CT molecular complexity index is 2570. The van der Waals surface area contributed by atoms with Crippen molar-refractivity contribution >= 4 is 76.4 Å². The van der Waals surface area contributed by atoms with E-state index in [0.717, 1.165) is 12.8 Å². The number of thiazole rings is 1. The van der Waals surface area contributed by atoms with E-state index in [0.29, 0.717) is 49.1 Å². The maximum Gasteiger partial charge on any atom is 0.326 e. The molecular formula is C56H86N14O12S. The number of unbranched alkanes of at least 4 members (excludes halogenated alkanes) is 1. The van der Waals surface area contributed by atoms with E-state index in [-0.39, 0.29) is 82.4 Å². The first-order valence-electron chi connectivity index (χ1n) is 28.8. The first-order valence-corrected chi connectivity index (χ1v) is 29.7. The number of amides is 9. The normalized spacial score (nSPS) is 19.4. The summed E-state index contributed by atoms with van der Waals surface area (Å²) in [5, 5.41) is 36.7. The molecule has 2 aromatic rings. The van der Waals surface area contributed by atoms with Crippen LogP contribution < -0.4 is 49.1 Å². The number of benzene rings is 1. The molecule has 0 unspecified atom stereocenters. The van der Waals surface area contributed by atoms with Crippen LogP contribution in [0.4, 0.5) is 0 Å². The quantitative estimate of drug-likeness (QED) is 0.0249. The monoisotopic (exact) mass is 1180 g/mol. The zero-order chi connectivity index (χ0) is 60.9. The number of carboxylic acid groups (broad SMARTS) is 1. The topological polar surface area (TPSA) is 396 Å². The van der Waals surface area contributed by atoms with Crippen LogP contribution in [0.5, 0.6) is 0 Å². The molecule has 83 heavy (non-hydrogen) atoms. The van der Waals surface area contributed by atoms with Crippen LogP contribution in [0.15, 0.2) is 47.0 Å². The standard InChI is InChI=1S/C56H86N14O12S/c1-6-7-17-36(57)52(78)68-23-12-19-42(68)50(76)64-38(26-32(2)3)47(73)63-39(28-35-29-60-31-83-35)48(74)66-41(30-71)49(75)62-37(18-11-22-61-56(58)59)46(72)67-45(33(4)5)54(80)69-24-13-20-43(69)51(77)65-40(27-34-15-9-8-10-16-34)53(79)70-25-14-21-44(70)55(81)82/h8-10,15-16,29,31-33,36-45,71H,6-7,11-14,17-28,30,57H2,1-5H3,(H,62,75)(H,63,73)(H,64,76)(H,65,77)(H,66,74)(H,67,72)(H,81,82)(H4,58,59,61)/t36-,37-,38-,39-,40-,41-,42-,43-,44-,45-/m0/s1. The number of aromatic nitrogens is 1. The predicted molar refractivity (Wildman–Crippen MR) is 308 cm³/mol. The minimum absolute atomic E-state index is 0.0310. The number of hydrogen-bond acceptors (Lipinski definition) is 15. The molecule has 10 atom stereocenters. The van der Waals surface area contributed by atoms with Gasteiger partial charge < -0.3 is 74.0 Å². The lowest BCUT2D eigenvalue weighted by molar-refractivity contribution is -0.150. The Hall–Kier alpha value is -7.26. The van der Waals surface area contributed by atoms with Gasteiger partial charge in [-0.2, -0.15) is 0 Å². The molecule has 1 aromatic heterocycles. The summed E-state index contributed by atoms with van der Waals surface area (Å²) < 4.78 is 0. The first-order chi connectivity index (χ1) is 39.5. The summed E-state index contributed by atoms with van der Waals surface area (Å²) in [6.07, 6.45) is 5.99. The maximum atomic E-state index is 14.6. The molecule has 0 radical (unpaired) electrons. The van der Waals surface area contributed by atoms with Gasteiger partial charge in [-0.1, -0.05) is 77.8 Å². The highest BCUT2D eigenvalue weighted by atomic mass is 32.1. The second-order valence-corrected chi connectivity index (χ2v) is 23.3. The molecular weight excluding hydrogens is 1090 g/mol. The fourth-order valence-corrected chi connectivity index (χ4v) is 11.3. The smallest absolute Gasteiger partial charge is 0.326 e. The highest BCUT2D eigenvalue weighted by Gasteiger charge is 2.44. The number of carboxylic acids is 1. The van der Waals surface area contributed by atoms with E-state index in [2.05, 4.69) is 41.9 Å². The summed E-state index contributed by atoms with van der Waals surface area (Å²) >= 11 is 1.20. The Balaban J connectivity index is 1.30. The third kappa shape index (κ3) is 19.4. The summed E-state index contributed by atoms with van der Waals surface area (Å²) in [4.78, 5) is 152. The maximum absolute atomic E-state index is 14.6. The highest BCUT2D eigenvalue weighted by Crippen LogP contribution is 2.25. The molecule has 3 saturated heterocycles. The minimum atomic E-state index is -1.69. The Morgan fingerprint density at radius 2 is 1.20 bits per heavy atom. The molecule has 5 rings (SSSR count). The SMILES string of the molecule is CCCC[C@H](N)C(=O)N1CCC[C@H]1C(=O)N[C@@H](CC(C)C)C(=O)N[C@@H](Cc1cncs1)C(=O)N[C@@H](CO)C(=O)N[C@@H](CCCN=C(N)N)C(=O)N[C@H](C(=O)N1CCC[C@H]1C(=O)N[C@@H](Cc1ccccc1)C(=O)N1CCC[C@H]1C(=O)O)C(C)C. The van der Waals surface area contributed by atoms with Gasteiger partial charge in [-0.05, 0) is 81.6 Å². The third-order valence-electron chi connectivity index (χ3n) is 15.1. The second-order valence-electron chi connectivity index (χ2n) is 22.3. The molecule has 9 amide bonds. The molecule has 0 bridgehead atoms. The van der Waals surface area contributed by atoms with Crippen LogP contribution in [0.25, 0.3) is 0 Å². The molecule has 458 valence electrons. The number of nitrogens with two attached hydrogens (primary N) is 3. The van der Waals surface area contributed by atoms with E-state index in [1.807, 2.05) is 20.8 Å². The van der Waals surface area contributed by atoms with Gasteiger partial charge in [-0.25, -0.2) is 4.79 Å². The fraction of sp³-hybridized carbons (Fsp3) is 0.643. The Morgan fingerprint density at radius 3 is 1.76 bits per heavy atom. The molecule has 4 heterocycles. The number of nitrogens with one attached hydrogen (secondary N) is 6. The lowest BCUT2D eigenvalue weighted by Gasteiger charge is -2.33. The molecule has 1 aromatic carbocycles. The van der Waals surface area contributed by atoms with Crippen molar-refractivity contribution in [2.24, 2.45) is 34.0 Å². The van der Waals surface area contributed by atoms with Crippen molar-refractivity contribution < 1.29 is 58.2 Å². The molecule has 27 heteroatoms. The van der Waals surface area contributed by atoms with E-state index in [9.17, 15) is 58.2 Å². The van der Waals surface area contributed by atoms with Crippen molar-refractivity contribution in [2.75, 3.05) is 32.8 Å². The zero-order valence-electron chi connectivity index (χ0n) is 48.3. The predicted octanol–water partition coefficient (Wildman–Crippen LogP) is -0.840. The van der Waals surface area contributed by atoms with Gasteiger partial charge in [0.25, 0.3) is 0 Å². The van der Waals surface area contributed by atoms with Gasteiger partial charge >= 0.3 is 5.97 Å². The van der Waals surface area contributed by atoms with E-state index >= 15 is 0 Å². The Kier molecular flexibility index (Phi) is 26.1. The van der Waals surface area contributed by atoms with Gasteiger partial charge in [-0.15, -0.1) is 11.3 Å². The van der Waals surface area contributed by atoms with Crippen LogP contribution >= 0.6 is 11.3 Å². The van der Waals surface area contributed by atoms with Crippen LogP contribution in [0.2, 0.25) is 0 Å². The third-order valence-corrected chi connectivity index (χ3v) is 15.9. The van der Waals surface area contributed by atoms with Crippen molar-refractivity contribution in [3.8, 4) is 0 Å². The number of likely N-dealkylation sites (tertiary alicyclic amines) is 3. The average molecular weight is 1180 g/mol. The molecule has 0 aliphatic carbocycles. The number of aliphatic carboxylic acids is 1. The van der Waals surface area contributed by atoms with Gasteiger partial charge in [0.1, 0.15) is 54.4 Å². The van der Waals surface area contributed by atoms with Gasteiger partial charge in [0.2, 0.25) is 53.2 Å². The van der Waals surface area contributed by atoms with Crippen molar-refractivity contribution in [3.05, 3.63) is 52.5 Å². The van der Waals surface area contributed by atoms with Gasteiger partial charge in [0, 0.05) is 50.1 Å². The molecule has 0 saturated carbocycles. The number of carbonyl (C=O) groups is 10. The van der Waals surface area contributed by atoms with Gasteiger partial charge in [0.15, 0.2) is 5.96 Å². The molecule has 3 aliphatic heterocycles. The molecule has 26 nitrogen and oxygen atoms in total. The molecule has 3 fully saturated rings. The van der Waals surface area contributed by atoms with Crippen LogP contribution in [0, 0.1) is 11.8 Å². The van der Waals surface area contributed by atoms with E-state index in [1.54, 1.807) is 44.2 Å². The lowest BCUT2D eigenvalue weighted by atomic mass is 10.0. The summed E-state index contributed by atoms with van der Waals surface area (Å²) in [6, 6.07) is -2.87. The van der Waals surface area contributed by atoms with Crippen molar-refractivity contribution in [3.63, 3.8) is 0 Å². The van der Waals surface area contributed by atoms with Crippen molar-refractivity contribution in [1.29, 1.82) is 0 Å². The summed E-state index contributed by atoms with van der Waals surface area (Å²) in [7, 11) is 0. The summed E-state index contributed by atoms with van der Waals surface area (Å²) in [5.41, 5.74) is 19.6. The Labute approximate surface area is 488 Å². The van der Waals surface area contributed by atoms with E-state index < -0.39 is 126 Å². The minimum Gasteiger partial charge on any atom is -0.480 e. The molecule has 0 spiro atoms. The average Bonchev–Trinajstić information content (AvgIpc) is 4.47. The van der Waals surface area contributed by atoms with Crippen LogP contribution in [0.3, 0.4) is 0 Å². The van der Waals surface area contributed by atoms with Crippen LogP contribution in [0.1, 0.15) is 122 Å². The highest BCUT2D eigenvalue weighted by molar-refractivity contribution is 7.09. The number of aliphatic imine (C=N–C) groups is 1. The molecule has 3 aliphatic rings. The number of aliphatic hydroxyl groups excluding tert-OH is 1. The zero-order valence-corrected chi connectivity index (χ0v) is 49.1. The van der Waals surface area contributed by atoms with Crippen LogP contribution in [-0.4, -0.2) is 188 Å². The molecule has 14 N–H and O–H groups in total. The number of aliphatic hydroxyl groups is 1. The first kappa shape index (κ1) is 66.5. The Morgan fingerprint density at radius 1 is 0.663 bits per heavy atom. The van der Waals surface area contributed by atoms with E-state index in [4.69, 9.17) is 17.2 Å². The number of nitrogens with zero attached hydrogens (tertiary/aromatic N) is 5. The number of carbonyl (C=O) groups excluding carboxylic acids is 9.